The van der Waals surface area contributed by atoms with E-state index in [-0.39, 0.29) is 58.7 Å². The van der Waals surface area contributed by atoms with Crippen LogP contribution in [0.4, 0.5) is 0 Å². The van der Waals surface area contributed by atoms with E-state index in [1.807, 2.05) is 0 Å². The SMILES string of the molecule is O=C(O)C(Cc1ccccc1)NC(=O)C(Cc1ccccc1)N1C(=O)c2ccc3c4c(ccc(c24)C1=O)C(=O)N(C(Cc1ccccc1)C(=O)NC(Cc1ccccc1)C(=O)O)C3=O. The molecule has 0 radical (unpaired) electrons. The summed E-state index contributed by atoms with van der Waals surface area (Å²) in [7, 11) is 0. The summed E-state index contributed by atoms with van der Waals surface area (Å²) in [6.07, 6.45) is -0.477. The number of nitrogens with one attached hydrogen (secondary N) is 2. The van der Waals surface area contributed by atoms with Gasteiger partial charge in [0.05, 0.1) is 0 Å². The predicted molar refractivity (Wildman–Crippen MR) is 232 cm³/mol. The number of rotatable bonds is 16. The first kappa shape index (κ1) is 42.4. The Bertz CT molecular complexity index is 2570. The van der Waals surface area contributed by atoms with E-state index >= 15 is 0 Å². The second kappa shape index (κ2) is 18.0. The van der Waals surface area contributed by atoms with Crippen molar-refractivity contribution in [2.24, 2.45) is 0 Å². The molecule has 6 amide bonds. The van der Waals surface area contributed by atoms with Gasteiger partial charge in [0.15, 0.2) is 0 Å². The van der Waals surface area contributed by atoms with Gasteiger partial charge in [0.25, 0.3) is 23.6 Å². The van der Waals surface area contributed by atoms with Crippen LogP contribution in [0.15, 0.2) is 146 Å². The second-order valence-electron chi connectivity index (χ2n) is 15.6. The number of amides is 6. The minimum absolute atomic E-state index is 0.00632. The molecular formula is C50H40N4O10. The Morgan fingerprint density at radius 2 is 0.641 bits per heavy atom. The molecule has 64 heavy (non-hydrogen) atoms. The van der Waals surface area contributed by atoms with Crippen molar-refractivity contribution in [2.45, 2.75) is 49.9 Å². The van der Waals surface area contributed by atoms with Gasteiger partial charge in [-0.1, -0.05) is 121 Å². The van der Waals surface area contributed by atoms with Gasteiger partial charge in [-0.2, -0.15) is 0 Å². The topological polar surface area (TPSA) is 208 Å². The number of benzene rings is 6. The third-order valence-electron chi connectivity index (χ3n) is 11.5. The Hall–Kier alpha value is -8.26. The summed E-state index contributed by atoms with van der Waals surface area (Å²) in [5.74, 6) is -8.05. The van der Waals surface area contributed by atoms with E-state index in [1.54, 1.807) is 121 Å². The summed E-state index contributed by atoms with van der Waals surface area (Å²) in [6.45, 7) is 0. The standard InChI is InChI=1S/C50H40N4O10/c55-43(51-37(49(61)62)25-29-13-5-1-6-14-29)39(27-31-17-9-3-10-18-31)53-45(57)33-21-23-35-42-36(24-22-34(41(33)42)46(53)58)48(60)54(47(35)59)40(28-32-19-11-4-12-20-32)44(56)52-38(50(63)64)26-30-15-7-2-8-16-30/h1-24,37-40H,25-28H2,(H,51,55)(H,52,56)(H,61,62)(H,63,64). The summed E-state index contributed by atoms with van der Waals surface area (Å²) >= 11 is 0. The average molecular weight is 857 g/mol. The van der Waals surface area contributed by atoms with Gasteiger partial charge in [-0.25, -0.2) is 9.59 Å². The summed E-state index contributed by atoms with van der Waals surface area (Å²) in [5.41, 5.74) is 2.09. The van der Waals surface area contributed by atoms with Crippen molar-refractivity contribution < 1.29 is 48.6 Å². The number of carboxylic acid groups (broad SMARTS) is 2. The van der Waals surface area contributed by atoms with Crippen LogP contribution in [0.5, 0.6) is 0 Å². The third-order valence-corrected chi connectivity index (χ3v) is 11.5. The lowest BCUT2D eigenvalue weighted by molar-refractivity contribution is -0.142. The maximum absolute atomic E-state index is 14.6. The minimum Gasteiger partial charge on any atom is -0.480 e. The fraction of sp³-hybridized carbons (Fsp3) is 0.160. The number of carboxylic acids is 2. The fourth-order valence-corrected chi connectivity index (χ4v) is 8.39. The van der Waals surface area contributed by atoms with Gasteiger partial charge < -0.3 is 20.8 Å². The number of imide groups is 2. The zero-order chi connectivity index (χ0) is 45.1. The van der Waals surface area contributed by atoms with Crippen molar-refractivity contribution in [3.8, 4) is 0 Å². The predicted octanol–water partition coefficient (Wildman–Crippen LogP) is 4.88. The second-order valence-corrected chi connectivity index (χ2v) is 15.6. The molecule has 0 bridgehead atoms. The van der Waals surface area contributed by atoms with Crippen LogP contribution >= 0.6 is 0 Å². The summed E-state index contributed by atoms with van der Waals surface area (Å²) in [6, 6.07) is 33.9. The molecule has 0 aliphatic carbocycles. The van der Waals surface area contributed by atoms with Gasteiger partial charge >= 0.3 is 11.9 Å². The van der Waals surface area contributed by atoms with E-state index in [1.165, 1.54) is 24.3 Å². The number of hydrogen-bond acceptors (Lipinski definition) is 8. The Morgan fingerprint density at radius 1 is 0.391 bits per heavy atom. The maximum atomic E-state index is 14.6. The normalized spacial score (nSPS) is 15.0. The smallest absolute Gasteiger partial charge is 0.326 e. The lowest BCUT2D eigenvalue weighted by Gasteiger charge is -2.37. The van der Waals surface area contributed by atoms with Crippen molar-refractivity contribution in [3.05, 3.63) is 190 Å². The van der Waals surface area contributed by atoms with Gasteiger partial charge in [-0.3, -0.25) is 38.6 Å². The highest BCUT2D eigenvalue weighted by Crippen LogP contribution is 2.39. The summed E-state index contributed by atoms with van der Waals surface area (Å²) < 4.78 is 0. The Morgan fingerprint density at radius 3 is 0.891 bits per heavy atom. The van der Waals surface area contributed by atoms with Crippen molar-refractivity contribution in [1.82, 2.24) is 20.4 Å². The van der Waals surface area contributed by atoms with Crippen LogP contribution in [-0.2, 0) is 44.9 Å². The monoisotopic (exact) mass is 856 g/mol. The molecule has 0 fully saturated rings. The third kappa shape index (κ3) is 8.36. The fourth-order valence-electron chi connectivity index (χ4n) is 8.39. The van der Waals surface area contributed by atoms with Crippen LogP contribution in [0.3, 0.4) is 0 Å². The van der Waals surface area contributed by atoms with Gasteiger partial charge in [-0.05, 0) is 46.5 Å². The molecule has 6 aromatic rings. The molecule has 2 aliphatic rings. The molecule has 0 aromatic heterocycles. The molecule has 6 aromatic carbocycles. The number of aliphatic carboxylic acids is 2. The largest absolute Gasteiger partial charge is 0.480 e. The summed E-state index contributed by atoms with van der Waals surface area (Å²) in [4.78, 5) is 113. The molecule has 4 unspecified atom stereocenters. The average Bonchev–Trinajstić information content (AvgIpc) is 3.30. The highest BCUT2D eigenvalue weighted by molar-refractivity contribution is 6.34. The van der Waals surface area contributed by atoms with Gasteiger partial charge in [0, 0.05) is 58.7 Å². The number of carbonyl (C=O) groups excluding carboxylic acids is 6. The van der Waals surface area contributed by atoms with E-state index in [2.05, 4.69) is 10.6 Å². The molecule has 2 heterocycles. The van der Waals surface area contributed by atoms with Crippen LogP contribution in [0.25, 0.3) is 10.8 Å². The van der Waals surface area contributed by atoms with Crippen LogP contribution in [0, 0.1) is 0 Å². The molecule has 2 aliphatic heterocycles. The van der Waals surface area contributed by atoms with E-state index in [4.69, 9.17) is 0 Å². The molecule has 4 N–H and O–H groups in total. The summed E-state index contributed by atoms with van der Waals surface area (Å²) in [5, 5.41) is 25.4. The molecule has 0 saturated carbocycles. The first-order chi connectivity index (χ1) is 30.9. The minimum atomic E-state index is -1.52. The number of carbonyl (C=O) groups is 8. The van der Waals surface area contributed by atoms with Gasteiger partial charge in [-0.15, -0.1) is 0 Å². The van der Waals surface area contributed by atoms with Crippen molar-refractivity contribution in [3.63, 3.8) is 0 Å². The Balaban J connectivity index is 1.15. The molecular weight excluding hydrogens is 817 g/mol. The lowest BCUT2D eigenvalue weighted by atomic mass is 9.84. The molecule has 4 atom stereocenters. The van der Waals surface area contributed by atoms with Crippen LogP contribution in [0.2, 0.25) is 0 Å². The van der Waals surface area contributed by atoms with Gasteiger partial charge in [0.1, 0.15) is 24.2 Å². The zero-order valence-corrected chi connectivity index (χ0v) is 34.0. The van der Waals surface area contributed by atoms with Crippen LogP contribution in [-0.4, -0.2) is 91.6 Å². The van der Waals surface area contributed by atoms with E-state index < -0.39 is 71.5 Å². The molecule has 8 rings (SSSR count). The molecule has 0 saturated heterocycles. The Kier molecular flexibility index (Phi) is 11.9. The maximum Gasteiger partial charge on any atom is 0.326 e. The van der Waals surface area contributed by atoms with E-state index in [9.17, 15) is 48.6 Å². The quantitative estimate of drug-likeness (QED) is 0.0971. The first-order valence-corrected chi connectivity index (χ1v) is 20.5. The highest BCUT2D eigenvalue weighted by Gasteiger charge is 2.46. The molecule has 0 spiro atoms. The van der Waals surface area contributed by atoms with Crippen molar-refractivity contribution >= 4 is 58.2 Å². The molecule has 320 valence electrons. The van der Waals surface area contributed by atoms with Gasteiger partial charge in [0.2, 0.25) is 11.8 Å². The van der Waals surface area contributed by atoms with Crippen molar-refractivity contribution in [2.75, 3.05) is 0 Å². The van der Waals surface area contributed by atoms with E-state index in [0.717, 1.165) is 9.80 Å². The Labute approximate surface area is 366 Å². The highest BCUT2D eigenvalue weighted by atomic mass is 16.4. The number of hydrogen-bond donors (Lipinski definition) is 4. The van der Waals surface area contributed by atoms with Crippen LogP contribution in [0.1, 0.15) is 63.7 Å². The number of nitrogens with zero attached hydrogens (tertiary/aromatic N) is 2. The first-order valence-electron chi connectivity index (χ1n) is 20.5. The van der Waals surface area contributed by atoms with Crippen LogP contribution < -0.4 is 10.6 Å². The lowest BCUT2D eigenvalue weighted by Crippen LogP contribution is -2.58. The zero-order valence-electron chi connectivity index (χ0n) is 34.0. The molecule has 14 heteroatoms. The molecule has 14 nitrogen and oxygen atoms in total. The van der Waals surface area contributed by atoms with Crippen molar-refractivity contribution in [1.29, 1.82) is 0 Å². The van der Waals surface area contributed by atoms with E-state index in [0.29, 0.717) is 22.3 Å².